The predicted octanol–water partition coefficient (Wildman–Crippen LogP) is 7.93. The van der Waals surface area contributed by atoms with Gasteiger partial charge >= 0.3 is 11.9 Å². The first kappa shape index (κ1) is 31.3. The summed E-state index contributed by atoms with van der Waals surface area (Å²) in [6, 6.07) is 21.1. The van der Waals surface area contributed by atoms with E-state index in [0.717, 1.165) is 18.9 Å². The van der Waals surface area contributed by atoms with Crippen molar-refractivity contribution in [1.82, 2.24) is 0 Å². The molecule has 3 rings (SSSR count). The number of benzene rings is 3. The van der Waals surface area contributed by atoms with Crippen LogP contribution in [0.4, 0.5) is 0 Å². The number of hydrogen-bond acceptors (Lipinski definition) is 6. The molecule has 0 amide bonds. The van der Waals surface area contributed by atoms with Crippen molar-refractivity contribution in [3.05, 3.63) is 108 Å². The van der Waals surface area contributed by atoms with Gasteiger partial charge in [-0.3, -0.25) is 4.79 Å². The molecule has 0 aliphatic carbocycles. The Labute approximate surface area is 243 Å². The molecular formula is C35H40O6. The van der Waals surface area contributed by atoms with Crippen LogP contribution in [0, 0.1) is 0 Å². The highest BCUT2D eigenvalue weighted by Crippen LogP contribution is 2.19. The normalized spacial score (nSPS) is 10.6. The molecule has 0 aliphatic rings. The third-order valence-electron chi connectivity index (χ3n) is 6.67. The number of ether oxygens (including phenoxy) is 3. The van der Waals surface area contributed by atoms with E-state index in [1.54, 1.807) is 48.5 Å². The Morgan fingerprint density at radius 1 is 0.659 bits per heavy atom. The molecule has 0 saturated carbocycles. The highest BCUT2D eigenvalue weighted by Gasteiger charge is 2.12. The van der Waals surface area contributed by atoms with Gasteiger partial charge in [-0.2, -0.15) is 0 Å². The van der Waals surface area contributed by atoms with Gasteiger partial charge in [0.15, 0.2) is 5.78 Å². The number of ketones is 1. The molecule has 41 heavy (non-hydrogen) atoms. The number of carbonyl (C=O) groups is 3. The van der Waals surface area contributed by atoms with E-state index >= 15 is 0 Å². The highest BCUT2D eigenvalue weighted by molar-refractivity contribution is 6.09. The number of rotatable bonds is 18. The summed E-state index contributed by atoms with van der Waals surface area (Å²) >= 11 is 0. The zero-order valence-electron chi connectivity index (χ0n) is 23.9. The molecule has 0 radical (unpaired) electrons. The summed E-state index contributed by atoms with van der Waals surface area (Å²) in [5, 5.41) is 0. The van der Waals surface area contributed by atoms with Crippen LogP contribution >= 0.6 is 0 Å². The Morgan fingerprint density at radius 3 is 1.88 bits per heavy atom. The van der Waals surface area contributed by atoms with E-state index in [4.69, 9.17) is 14.2 Å². The zero-order valence-corrected chi connectivity index (χ0v) is 23.9. The van der Waals surface area contributed by atoms with Crippen molar-refractivity contribution in [2.24, 2.45) is 0 Å². The van der Waals surface area contributed by atoms with Crippen molar-refractivity contribution in [3.63, 3.8) is 0 Å². The van der Waals surface area contributed by atoms with E-state index < -0.39 is 11.9 Å². The predicted molar refractivity (Wildman–Crippen MR) is 161 cm³/mol. The minimum atomic E-state index is -0.499. The number of carbonyl (C=O) groups excluding carboxylic acids is 3. The van der Waals surface area contributed by atoms with Gasteiger partial charge in [0, 0.05) is 17.2 Å². The lowest BCUT2D eigenvalue weighted by Gasteiger charge is -2.08. The zero-order chi connectivity index (χ0) is 29.3. The first-order valence-electron chi connectivity index (χ1n) is 14.5. The maximum Gasteiger partial charge on any atom is 0.343 e. The molecular weight excluding hydrogens is 516 g/mol. The number of esters is 2. The van der Waals surface area contributed by atoms with E-state index in [2.05, 4.69) is 13.5 Å². The Bertz CT molecular complexity index is 1240. The lowest BCUT2D eigenvalue weighted by Crippen LogP contribution is -2.09. The van der Waals surface area contributed by atoms with Gasteiger partial charge in [0.1, 0.15) is 11.5 Å². The minimum absolute atomic E-state index is 0.0673. The molecule has 0 bridgehead atoms. The fourth-order valence-electron chi connectivity index (χ4n) is 4.25. The van der Waals surface area contributed by atoms with Crippen LogP contribution < -0.4 is 9.47 Å². The molecule has 216 valence electrons. The van der Waals surface area contributed by atoms with Gasteiger partial charge in [-0.05, 0) is 79.8 Å². The van der Waals surface area contributed by atoms with Crippen LogP contribution in [0.2, 0.25) is 0 Å². The Kier molecular flexibility index (Phi) is 13.4. The second kappa shape index (κ2) is 17.5. The van der Waals surface area contributed by atoms with Crippen molar-refractivity contribution in [2.45, 2.75) is 64.7 Å². The van der Waals surface area contributed by atoms with E-state index in [9.17, 15) is 14.4 Å². The largest absolute Gasteiger partial charge is 0.494 e. The van der Waals surface area contributed by atoms with Gasteiger partial charge in [-0.15, -0.1) is 0 Å². The highest BCUT2D eigenvalue weighted by atomic mass is 16.5. The van der Waals surface area contributed by atoms with Crippen LogP contribution in [0.5, 0.6) is 11.5 Å². The summed E-state index contributed by atoms with van der Waals surface area (Å²) in [6.07, 6.45) is 11.2. The molecule has 3 aromatic rings. The van der Waals surface area contributed by atoms with Crippen LogP contribution in [0.25, 0.3) is 0 Å². The van der Waals surface area contributed by atoms with Gasteiger partial charge in [0.05, 0.1) is 18.8 Å². The van der Waals surface area contributed by atoms with Gasteiger partial charge in [0.25, 0.3) is 0 Å². The van der Waals surface area contributed by atoms with Crippen LogP contribution in [-0.4, -0.2) is 30.9 Å². The summed E-state index contributed by atoms with van der Waals surface area (Å²) in [5.41, 5.74) is 2.81. The number of hydrogen-bond donors (Lipinski definition) is 0. The molecule has 0 saturated heterocycles. The van der Waals surface area contributed by atoms with Crippen molar-refractivity contribution in [3.8, 4) is 11.5 Å². The van der Waals surface area contributed by atoms with Gasteiger partial charge in [-0.25, -0.2) is 9.59 Å². The average molecular weight is 557 g/mol. The van der Waals surface area contributed by atoms with E-state index in [1.807, 2.05) is 24.3 Å². The van der Waals surface area contributed by atoms with Crippen molar-refractivity contribution in [2.75, 3.05) is 13.2 Å². The smallest absolute Gasteiger partial charge is 0.343 e. The van der Waals surface area contributed by atoms with Crippen LogP contribution in [-0.2, 0) is 16.0 Å². The lowest BCUT2D eigenvalue weighted by atomic mass is 10.00. The number of aryl methyl sites for hydroxylation is 1. The fourth-order valence-corrected chi connectivity index (χ4v) is 4.25. The quantitative estimate of drug-likeness (QED) is 0.0520. The van der Waals surface area contributed by atoms with Gasteiger partial charge in [-0.1, -0.05) is 69.9 Å². The van der Waals surface area contributed by atoms with Crippen molar-refractivity contribution in [1.29, 1.82) is 0 Å². The molecule has 6 heteroatoms. The fraction of sp³-hybridized carbons (Fsp3) is 0.343. The summed E-state index contributed by atoms with van der Waals surface area (Å²) in [5.74, 6) is -0.0125. The van der Waals surface area contributed by atoms with Crippen molar-refractivity contribution < 1.29 is 28.6 Å². The third kappa shape index (κ3) is 11.1. The molecule has 0 spiro atoms. The van der Waals surface area contributed by atoms with Crippen LogP contribution in [0.15, 0.2) is 85.5 Å². The average Bonchev–Trinajstić information content (AvgIpc) is 3.01. The standard InChI is InChI=1S/C35H40O6/c1-3-5-6-7-8-9-12-27-13-15-28(16-14-27)34(37)29-17-23-32(24-18-29)41-35(38)30-19-21-31(22-20-30)39-25-10-11-26-40-33(36)4-2/h4,13-24H,2-3,5-12,25-26H2,1H3. The molecule has 0 fully saturated rings. The van der Waals surface area contributed by atoms with E-state index in [1.165, 1.54) is 44.1 Å². The SMILES string of the molecule is C=CC(=O)OCCCCOc1ccc(C(=O)Oc2ccc(C(=O)c3ccc(CCCCCCCC)cc3)cc2)cc1. The van der Waals surface area contributed by atoms with Gasteiger partial charge < -0.3 is 14.2 Å². The molecule has 0 heterocycles. The molecule has 0 N–H and O–H groups in total. The van der Waals surface area contributed by atoms with Crippen LogP contribution in [0.3, 0.4) is 0 Å². The second-order valence-electron chi connectivity index (χ2n) is 9.91. The number of unbranched alkanes of at least 4 members (excludes halogenated alkanes) is 6. The summed E-state index contributed by atoms with van der Waals surface area (Å²) in [7, 11) is 0. The maximum absolute atomic E-state index is 12.9. The first-order valence-corrected chi connectivity index (χ1v) is 14.5. The lowest BCUT2D eigenvalue weighted by molar-refractivity contribution is -0.137. The topological polar surface area (TPSA) is 78.9 Å². The minimum Gasteiger partial charge on any atom is -0.494 e. The summed E-state index contributed by atoms with van der Waals surface area (Å²) in [4.78, 5) is 36.5. The first-order chi connectivity index (χ1) is 20.0. The Morgan fingerprint density at radius 2 is 1.22 bits per heavy atom. The van der Waals surface area contributed by atoms with Crippen LogP contribution in [0.1, 0.15) is 90.1 Å². The Hall–Kier alpha value is -4.19. The molecule has 0 unspecified atom stereocenters. The van der Waals surface area contributed by atoms with Crippen molar-refractivity contribution >= 4 is 17.7 Å². The van der Waals surface area contributed by atoms with E-state index in [0.29, 0.717) is 47.8 Å². The summed E-state index contributed by atoms with van der Waals surface area (Å²) < 4.78 is 16.1. The monoisotopic (exact) mass is 556 g/mol. The maximum atomic E-state index is 12.9. The van der Waals surface area contributed by atoms with E-state index in [-0.39, 0.29) is 5.78 Å². The summed E-state index contributed by atoms with van der Waals surface area (Å²) in [6.45, 7) is 6.36. The second-order valence-corrected chi connectivity index (χ2v) is 9.91. The molecule has 0 aromatic heterocycles. The van der Waals surface area contributed by atoms with Gasteiger partial charge in [0.2, 0.25) is 0 Å². The molecule has 0 aliphatic heterocycles. The Balaban J connectivity index is 1.42. The third-order valence-corrected chi connectivity index (χ3v) is 6.67. The molecule has 0 atom stereocenters. The molecule has 3 aromatic carbocycles. The molecule has 6 nitrogen and oxygen atoms in total.